The number of hydrogen-bond acceptors (Lipinski definition) is 2. The highest BCUT2D eigenvalue weighted by molar-refractivity contribution is 5.84. The molecule has 0 atom stereocenters. The summed E-state index contributed by atoms with van der Waals surface area (Å²) in [5.74, 6) is 0. The number of fused-ring (bicyclic) bond motifs is 1. The van der Waals surface area contributed by atoms with Gasteiger partial charge in [-0.25, -0.2) is 0 Å². The van der Waals surface area contributed by atoms with Crippen molar-refractivity contribution in [1.29, 1.82) is 0 Å². The number of aryl methyl sites for hydroxylation is 1. The third-order valence-electron chi connectivity index (χ3n) is 4.27. The van der Waals surface area contributed by atoms with Crippen LogP contribution in [0, 0.1) is 6.92 Å². The highest BCUT2D eigenvalue weighted by Gasteiger charge is 2.12. The normalized spacial score (nSPS) is 17.2. The first-order chi connectivity index (χ1) is 9.65. The van der Waals surface area contributed by atoms with E-state index in [-0.39, 0.29) is 0 Å². The quantitative estimate of drug-likeness (QED) is 0.926. The Balaban J connectivity index is 1.90. The van der Waals surface area contributed by atoms with E-state index >= 15 is 0 Å². The Hall–Kier alpha value is -1.32. The molecule has 1 aromatic carbocycles. The summed E-state index contributed by atoms with van der Waals surface area (Å²) < 4.78 is 2.39. The van der Waals surface area contributed by atoms with Gasteiger partial charge in [-0.2, -0.15) is 0 Å². The number of rotatable bonds is 3. The molecule has 0 bridgehead atoms. The van der Waals surface area contributed by atoms with Crippen LogP contribution in [0.2, 0.25) is 0 Å². The Labute approximate surface area is 121 Å². The number of nitrogens with one attached hydrogen (secondary N) is 1. The highest BCUT2D eigenvalue weighted by Crippen LogP contribution is 2.25. The van der Waals surface area contributed by atoms with Crippen molar-refractivity contribution in [3.8, 4) is 0 Å². The van der Waals surface area contributed by atoms with Crippen molar-refractivity contribution < 1.29 is 0 Å². The van der Waals surface area contributed by atoms with Crippen molar-refractivity contribution in [2.24, 2.45) is 0 Å². The molecule has 1 aliphatic rings. The van der Waals surface area contributed by atoms with Crippen molar-refractivity contribution >= 4 is 10.9 Å². The first-order valence-electron chi connectivity index (χ1n) is 7.68. The van der Waals surface area contributed by atoms with E-state index in [1.165, 1.54) is 22.0 Å². The molecule has 20 heavy (non-hydrogen) atoms. The molecule has 2 aromatic rings. The monoisotopic (exact) mass is 271 g/mol. The molecule has 1 aromatic heterocycles. The van der Waals surface area contributed by atoms with Gasteiger partial charge in [0.05, 0.1) is 0 Å². The van der Waals surface area contributed by atoms with Crippen LogP contribution in [0.5, 0.6) is 0 Å². The van der Waals surface area contributed by atoms with Gasteiger partial charge in [-0.1, -0.05) is 12.1 Å². The van der Waals surface area contributed by atoms with Gasteiger partial charge in [0.25, 0.3) is 0 Å². The Kier molecular flexibility index (Phi) is 3.81. The van der Waals surface area contributed by atoms with Gasteiger partial charge in [0.2, 0.25) is 0 Å². The molecule has 0 spiro atoms. The molecular formula is C17H25N3. The standard InChI is InChI=1S/C17H25N3/c1-13(2)20-11-14(3)16-5-4-15(10-17(16)20)12-19-8-6-18-7-9-19/h4-5,10-11,13,18H,6-9,12H2,1-3H3. The maximum atomic E-state index is 3.41. The van der Waals surface area contributed by atoms with E-state index in [0.29, 0.717) is 6.04 Å². The van der Waals surface area contributed by atoms with Crippen molar-refractivity contribution in [3.63, 3.8) is 0 Å². The van der Waals surface area contributed by atoms with E-state index in [1.807, 2.05) is 0 Å². The lowest BCUT2D eigenvalue weighted by Crippen LogP contribution is -2.42. The van der Waals surface area contributed by atoms with E-state index in [1.54, 1.807) is 0 Å². The van der Waals surface area contributed by atoms with Crippen molar-refractivity contribution in [2.75, 3.05) is 26.2 Å². The Morgan fingerprint density at radius 1 is 1.20 bits per heavy atom. The van der Waals surface area contributed by atoms with Crippen LogP contribution in [0.3, 0.4) is 0 Å². The van der Waals surface area contributed by atoms with Crippen LogP contribution in [-0.2, 0) is 6.54 Å². The molecule has 0 aliphatic carbocycles. The topological polar surface area (TPSA) is 20.2 Å². The molecule has 3 nitrogen and oxygen atoms in total. The molecule has 1 N–H and O–H groups in total. The summed E-state index contributed by atoms with van der Waals surface area (Å²) in [6, 6.07) is 7.48. The Bertz CT molecular complexity index is 592. The summed E-state index contributed by atoms with van der Waals surface area (Å²) in [5.41, 5.74) is 4.19. The first-order valence-corrected chi connectivity index (χ1v) is 7.68. The summed E-state index contributed by atoms with van der Waals surface area (Å²) in [6.07, 6.45) is 2.28. The summed E-state index contributed by atoms with van der Waals surface area (Å²) >= 11 is 0. The zero-order valence-electron chi connectivity index (χ0n) is 12.8. The molecular weight excluding hydrogens is 246 g/mol. The second-order valence-electron chi connectivity index (χ2n) is 6.19. The fourth-order valence-electron chi connectivity index (χ4n) is 3.13. The lowest BCUT2D eigenvalue weighted by Gasteiger charge is -2.27. The maximum absolute atomic E-state index is 3.41. The van der Waals surface area contributed by atoms with E-state index in [4.69, 9.17) is 0 Å². The molecule has 0 amide bonds. The third-order valence-corrected chi connectivity index (χ3v) is 4.27. The number of aromatic nitrogens is 1. The van der Waals surface area contributed by atoms with Gasteiger partial charge < -0.3 is 9.88 Å². The van der Waals surface area contributed by atoms with Crippen LogP contribution >= 0.6 is 0 Å². The van der Waals surface area contributed by atoms with E-state index in [0.717, 1.165) is 32.7 Å². The van der Waals surface area contributed by atoms with Crippen molar-refractivity contribution in [3.05, 3.63) is 35.5 Å². The van der Waals surface area contributed by atoms with Gasteiger partial charge in [-0.15, -0.1) is 0 Å². The number of hydrogen-bond donors (Lipinski definition) is 1. The summed E-state index contributed by atoms with van der Waals surface area (Å²) in [6.45, 7) is 12.3. The predicted molar refractivity (Wildman–Crippen MR) is 85.2 cm³/mol. The number of nitrogens with zero attached hydrogens (tertiary/aromatic N) is 2. The minimum absolute atomic E-state index is 0.514. The molecule has 0 saturated carbocycles. The number of piperazine rings is 1. The molecule has 1 aliphatic heterocycles. The van der Waals surface area contributed by atoms with Gasteiger partial charge in [0, 0.05) is 55.9 Å². The van der Waals surface area contributed by atoms with E-state index < -0.39 is 0 Å². The second-order valence-corrected chi connectivity index (χ2v) is 6.19. The molecule has 0 unspecified atom stereocenters. The molecule has 108 valence electrons. The minimum atomic E-state index is 0.514. The average Bonchev–Trinajstić information content (AvgIpc) is 2.77. The third kappa shape index (κ3) is 2.60. The molecule has 0 radical (unpaired) electrons. The van der Waals surface area contributed by atoms with E-state index in [2.05, 4.69) is 60.0 Å². The summed E-state index contributed by atoms with van der Waals surface area (Å²) in [7, 11) is 0. The largest absolute Gasteiger partial charge is 0.345 e. The summed E-state index contributed by atoms with van der Waals surface area (Å²) in [5, 5.41) is 4.80. The fourth-order valence-corrected chi connectivity index (χ4v) is 3.13. The predicted octanol–water partition coefficient (Wildman–Crippen LogP) is 2.94. The molecule has 1 fully saturated rings. The van der Waals surface area contributed by atoms with Gasteiger partial charge in [-0.3, -0.25) is 4.90 Å². The second kappa shape index (κ2) is 5.58. The number of benzene rings is 1. The maximum Gasteiger partial charge on any atom is 0.0488 e. The molecule has 2 heterocycles. The fraction of sp³-hybridized carbons (Fsp3) is 0.529. The van der Waals surface area contributed by atoms with Crippen molar-refractivity contribution in [2.45, 2.75) is 33.4 Å². The van der Waals surface area contributed by atoms with Crippen LogP contribution in [0.25, 0.3) is 10.9 Å². The lowest BCUT2D eigenvalue weighted by molar-refractivity contribution is 0.233. The smallest absolute Gasteiger partial charge is 0.0488 e. The van der Waals surface area contributed by atoms with Gasteiger partial charge in [0.1, 0.15) is 0 Å². The zero-order valence-corrected chi connectivity index (χ0v) is 12.8. The Morgan fingerprint density at radius 2 is 1.95 bits per heavy atom. The zero-order chi connectivity index (χ0) is 14.1. The highest BCUT2D eigenvalue weighted by atomic mass is 15.2. The van der Waals surface area contributed by atoms with Gasteiger partial charge in [-0.05, 0) is 38.0 Å². The van der Waals surface area contributed by atoms with Crippen LogP contribution < -0.4 is 5.32 Å². The van der Waals surface area contributed by atoms with E-state index in [9.17, 15) is 0 Å². The Morgan fingerprint density at radius 3 is 2.65 bits per heavy atom. The minimum Gasteiger partial charge on any atom is -0.345 e. The van der Waals surface area contributed by atoms with Crippen molar-refractivity contribution in [1.82, 2.24) is 14.8 Å². The van der Waals surface area contributed by atoms with Crippen LogP contribution in [0.1, 0.15) is 31.0 Å². The molecule has 3 heteroatoms. The van der Waals surface area contributed by atoms with Crippen LogP contribution in [0.15, 0.2) is 24.4 Å². The summed E-state index contributed by atoms with van der Waals surface area (Å²) in [4.78, 5) is 2.53. The average molecular weight is 271 g/mol. The lowest BCUT2D eigenvalue weighted by atomic mass is 10.1. The molecule has 1 saturated heterocycles. The SMILES string of the molecule is Cc1cn(C(C)C)c2cc(CN3CCNCC3)ccc12. The first kappa shape index (κ1) is 13.7. The molecule has 3 rings (SSSR count). The van der Waals surface area contributed by atoms with Crippen LogP contribution in [0.4, 0.5) is 0 Å². The van der Waals surface area contributed by atoms with Gasteiger partial charge >= 0.3 is 0 Å². The van der Waals surface area contributed by atoms with Crippen LogP contribution in [-0.4, -0.2) is 35.6 Å². The van der Waals surface area contributed by atoms with Gasteiger partial charge in [0.15, 0.2) is 0 Å².